The maximum absolute atomic E-state index is 12.5. The normalized spacial score (nSPS) is 10.9. The van der Waals surface area contributed by atoms with Gasteiger partial charge in [0.2, 0.25) is 5.91 Å². The zero-order chi connectivity index (χ0) is 20.2. The van der Waals surface area contributed by atoms with E-state index in [0.717, 1.165) is 16.3 Å². The minimum atomic E-state index is -0.355. The van der Waals surface area contributed by atoms with Gasteiger partial charge in [0.05, 0.1) is 29.6 Å². The first-order valence-electron chi connectivity index (χ1n) is 8.95. The average molecular weight is 407 g/mol. The minimum absolute atomic E-state index is 0.0662. The Morgan fingerprint density at radius 2 is 1.86 bits per heavy atom. The van der Waals surface area contributed by atoms with Gasteiger partial charge in [-0.15, -0.1) is 11.3 Å². The molecule has 146 valence electrons. The van der Waals surface area contributed by atoms with Gasteiger partial charge in [0.15, 0.2) is 0 Å². The van der Waals surface area contributed by atoms with Crippen LogP contribution in [0.3, 0.4) is 0 Å². The van der Waals surface area contributed by atoms with Gasteiger partial charge in [0.1, 0.15) is 5.01 Å². The number of aryl methyl sites for hydroxylation is 1. The summed E-state index contributed by atoms with van der Waals surface area (Å²) in [6.45, 7) is 0.391. The number of pyridine rings is 1. The van der Waals surface area contributed by atoms with Gasteiger partial charge in [-0.1, -0.05) is 12.1 Å². The Kier molecular flexibility index (Phi) is 5.30. The van der Waals surface area contributed by atoms with Crippen LogP contribution in [0.15, 0.2) is 63.8 Å². The van der Waals surface area contributed by atoms with Crippen LogP contribution in [0.2, 0.25) is 0 Å². The van der Waals surface area contributed by atoms with Crippen LogP contribution in [0.4, 0.5) is 0 Å². The van der Waals surface area contributed by atoms with Gasteiger partial charge < -0.3 is 5.32 Å². The molecule has 0 unspecified atom stereocenters. The fourth-order valence-corrected chi connectivity index (χ4v) is 3.67. The second-order valence-corrected chi connectivity index (χ2v) is 7.28. The van der Waals surface area contributed by atoms with Crippen LogP contribution in [0.5, 0.6) is 0 Å². The molecule has 1 amide bonds. The van der Waals surface area contributed by atoms with Crippen LogP contribution in [0.1, 0.15) is 11.4 Å². The molecule has 4 aromatic rings. The highest BCUT2D eigenvalue weighted by molar-refractivity contribution is 7.09. The molecule has 0 aliphatic heterocycles. The molecule has 0 saturated carbocycles. The van der Waals surface area contributed by atoms with Gasteiger partial charge in [-0.2, -0.15) is 0 Å². The molecule has 0 radical (unpaired) electrons. The van der Waals surface area contributed by atoms with E-state index in [9.17, 15) is 14.4 Å². The molecule has 8 nitrogen and oxygen atoms in total. The van der Waals surface area contributed by atoms with Crippen LogP contribution < -0.4 is 16.4 Å². The van der Waals surface area contributed by atoms with Crippen molar-refractivity contribution in [1.82, 2.24) is 25.1 Å². The lowest BCUT2D eigenvalue weighted by atomic mass is 10.2. The Morgan fingerprint density at radius 3 is 2.66 bits per heavy atom. The molecule has 9 heteroatoms. The summed E-state index contributed by atoms with van der Waals surface area (Å²) >= 11 is 1.46. The molecular formula is C20H17N5O3S. The third-order valence-corrected chi connectivity index (χ3v) is 5.26. The Hall–Kier alpha value is -3.59. The summed E-state index contributed by atoms with van der Waals surface area (Å²) in [4.78, 5) is 45.2. The summed E-state index contributed by atoms with van der Waals surface area (Å²) in [6.07, 6.45) is 3.47. The molecule has 0 fully saturated rings. The first-order chi connectivity index (χ1) is 14.1. The van der Waals surface area contributed by atoms with Crippen molar-refractivity contribution < 1.29 is 4.79 Å². The van der Waals surface area contributed by atoms with Crippen molar-refractivity contribution >= 4 is 28.0 Å². The Balaban J connectivity index is 1.37. The number of carbonyl (C=O) groups is 1. The van der Waals surface area contributed by atoms with E-state index < -0.39 is 0 Å². The summed E-state index contributed by atoms with van der Waals surface area (Å²) < 4.78 is 1.18. The van der Waals surface area contributed by atoms with Gasteiger partial charge in [-0.3, -0.25) is 24.5 Å². The van der Waals surface area contributed by atoms with Crippen LogP contribution >= 0.6 is 11.3 Å². The lowest BCUT2D eigenvalue weighted by molar-refractivity contribution is -0.121. The van der Waals surface area contributed by atoms with E-state index >= 15 is 0 Å². The van der Waals surface area contributed by atoms with Crippen molar-refractivity contribution in [3.05, 3.63) is 79.9 Å². The largest absolute Gasteiger partial charge is 0.350 e. The number of thiazole rings is 1. The highest BCUT2D eigenvalue weighted by atomic mass is 32.1. The third kappa shape index (κ3) is 4.14. The lowest BCUT2D eigenvalue weighted by Crippen LogP contribution is -2.32. The maximum atomic E-state index is 12.5. The zero-order valence-electron chi connectivity index (χ0n) is 15.3. The lowest BCUT2D eigenvalue weighted by Gasteiger charge is -2.07. The number of hydrogen-bond donors (Lipinski definition) is 2. The number of aromatic amines is 1. The summed E-state index contributed by atoms with van der Waals surface area (Å²) in [7, 11) is 0. The molecule has 0 saturated heterocycles. The predicted octanol–water partition coefficient (Wildman–Crippen LogP) is 1.91. The van der Waals surface area contributed by atoms with E-state index in [1.54, 1.807) is 36.7 Å². The number of benzene rings is 1. The predicted molar refractivity (Wildman–Crippen MR) is 111 cm³/mol. The van der Waals surface area contributed by atoms with Gasteiger partial charge in [-0.25, -0.2) is 9.67 Å². The number of nitrogens with zero attached hydrogens (tertiary/aromatic N) is 3. The standard InChI is InChI=1S/C20H17N5O3S/c26-17(22-11-18-23-16(12-29-18)13-5-8-21-9-6-13)7-10-25-20(28)15-4-2-1-3-14(15)19(27)24-25/h1-6,8-9,12H,7,10-11H2,(H,22,26)(H,24,27). The number of fused-ring (bicyclic) bond motifs is 1. The number of nitrogens with one attached hydrogen (secondary N) is 2. The topological polar surface area (TPSA) is 110 Å². The Bertz CT molecular complexity index is 1280. The average Bonchev–Trinajstić information content (AvgIpc) is 3.23. The van der Waals surface area contributed by atoms with E-state index in [4.69, 9.17) is 0 Å². The summed E-state index contributed by atoms with van der Waals surface area (Å²) in [5.41, 5.74) is 1.12. The Labute approximate surface area is 168 Å². The second-order valence-electron chi connectivity index (χ2n) is 6.33. The molecule has 1 aromatic carbocycles. The summed E-state index contributed by atoms with van der Waals surface area (Å²) in [5.74, 6) is -0.230. The first kappa shape index (κ1) is 18.8. The summed E-state index contributed by atoms with van der Waals surface area (Å²) in [5, 5.41) is 8.70. The van der Waals surface area contributed by atoms with Gasteiger partial charge >= 0.3 is 0 Å². The molecule has 3 aromatic heterocycles. The van der Waals surface area contributed by atoms with Crippen LogP contribution in [0, 0.1) is 0 Å². The fourth-order valence-electron chi connectivity index (χ4n) is 2.93. The highest BCUT2D eigenvalue weighted by Gasteiger charge is 2.10. The van der Waals surface area contributed by atoms with Crippen LogP contribution in [-0.2, 0) is 17.9 Å². The van der Waals surface area contributed by atoms with Crippen LogP contribution in [-0.4, -0.2) is 25.7 Å². The molecule has 0 aliphatic rings. The zero-order valence-corrected chi connectivity index (χ0v) is 16.1. The molecule has 3 heterocycles. The molecule has 29 heavy (non-hydrogen) atoms. The third-order valence-electron chi connectivity index (χ3n) is 4.41. The van der Waals surface area contributed by atoms with Gasteiger partial charge in [0, 0.05) is 29.8 Å². The maximum Gasteiger partial charge on any atom is 0.273 e. The van der Waals surface area contributed by atoms with Crippen molar-refractivity contribution in [2.24, 2.45) is 0 Å². The molecular weight excluding hydrogens is 390 g/mol. The highest BCUT2D eigenvalue weighted by Crippen LogP contribution is 2.20. The first-order valence-corrected chi connectivity index (χ1v) is 9.83. The van der Waals surface area contributed by atoms with Crippen molar-refractivity contribution in [3.8, 4) is 11.3 Å². The van der Waals surface area contributed by atoms with E-state index in [1.807, 2.05) is 17.5 Å². The molecule has 2 N–H and O–H groups in total. The van der Waals surface area contributed by atoms with Crippen LogP contribution in [0.25, 0.3) is 22.0 Å². The second kappa shape index (κ2) is 8.19. The quantitative estimate of drug-likeness (QED) is 0.507. The monoisotopic (exact) mass is 407 g/mol. The number of aromatic nitrogens is 4. The van der Waals surface area contributed by atoms with Crippen molar-refractivity contribution in [3.63, 3.8) is 0 Å². The molecule has 0 bridgehead atoms. The number of hydrogen-bond acceptors (Lipinski definition) is 6. The smallest absolute Gasteiger partial charge is 0.273 e. The Morgan fingerprint density at radius 1 is 1.10 bits per heavy atom. The van der Waals surface area contributed by atoms with E-state index in [2.05, 4.69) is 20.4 Å². The molecule has 4 rings (SSSR count). The number of H-pyrrole nitrogens is 1. The minimum Gasteiger partial charge on any atom is -0.350 e. The van der Waals surface area contributed by atoms with Gasteiger partial charge in [0.25, 0.3) is 11.1 Å². The van der Waals surface area contributed by atoms with Crippen molar-refractivity contribution in [2.75, 3.05) is 0 Å². The van der Waals surface area contributed by atoms with Gasteiger partial charge in [-0.05, 0) is 24.3 Å². The number of rotatable bonds is 6. The van der Waals surface area contributed by atoms with E-state index in [1.165, 1.54) is 16.0 Å². The molecule has 0 spiro atoms. The van der Waals surface area contributed by atoms with Crippen molar-refractivity contribution in [2.45, 2.75) is 19.5 Å². The van der Waals surface area contributed by atoms with Crippen molar-refractivity contribution in [1.29, 1.82) is 0 Å². The summed E-state index contributed by atoms with van der Waals surface area (Å²) in [6, 6.07) is 10.4. The number of amides is 1. The molecule has 0 atom stereocenters. The molecule has 0 aliphatic carbocycles. The fraction of sp³-hybridized carbons (Fsp3) is 0.150. The number of carbonyl (C=O) groups excluding carboxylic acids is 1. The SMILES string of the molecule is O=C(CCn1[nH]c(=O)c2ccccc2c1=O)NCc1nc(-c2ccncc2)cs1. The van der Waals surface area contributed by atoms with E-state index in [0.29, 0.717) is 17.3 Å². The van der Waals surface area contributed by atoms with E-state index in [-0.39, 0.29) is 30.0 Å².